The molecule has 0 aliphatic carbocycles. The number of hydrogen-bond donors (Lipinski definition) is 0. The fourth-order valence-electron chi connectivity index (χ4n) is 1.82. The summed E-state index contributed by atoms with van der Waals surface area (Å²) in [5.74, 6) is -1.48. The molecule has 0 aliphatic rings. The Kier molecular flexibility index (Phi) is 4.05. The molecule has 4 heteroatoms. The molecule has 0 aromatic heterocycles. The quantitative estimate of drug-likeness (QED) is 0.755. The van der Waals surface area contributed by atoms with E-state index in [-0.39, 0.29) is 12.0 Å². The van der Waals surface area contributed by atoms with Crippen LogP contribution in [-0.4, -0.2) is 6.18 Å². The van der Waals surface area contributed by atoms with Crippen molar-refractivity contribution in [3.63, 3.8) is 0 Å². The second-order valence-electron chi connectivity index (χ2n) is 5.59. The van der Waals surface area contributed by atoms with Crippen molar-refractivity contribution in [1.82, 2.24) is 0 Å². The van der Waals surface area contributed by atoms with E-state index in [1.54, 1.807) is 20.8 Å². The van der Waals surface area contributed by atoms with E-state index in [2.05, 4.69) is 0 Å². The first kappa shape index (κ1) is 14.6. The Morgan fingerprint density at radius 3 is 1.94 bits per heavy atom. The average Bonchev–Trinajstić information content (AvgIpc) is 2.24. The molecular formula is C14H16F3N. The zero-order chi connectivity index (χ0) is 14.0. The van der Waals surface area contributed by atoms with Crippen LogP contribution >= 0.6 is 0 Å². The van der Waals surface area contributed by atoms with Crippen molar-refractivity contribution < 1.29 is 13.2 Å². The largest absolute Gasteiger partial charge is 0.395 e. The first-order valence-electron chi connectivity index (χ1n) is 5.70. The van der Waals surface area contributed by atoms with Crippen molar-refractivity contribution in [2.45, 2.75) is 39.3 Å². The zero-order valence-electron chi connectivity index (χ0n) is 10.7. The van der Waals surface area contributed by atoms with Crippen molar-refractivity contribution >= 4 is 0 Å². The molecule has 0 aliphatic heterocycles. The van der Waals surface area contributed by atoms with Crippen LogP contribution in [0.1, 0.15) is 44.2 Å². The molecule has 1 aromatic carbocycles. The summed E-state index contributed by atoms with van der Waals surface area (Å²) >= 11 is 0. The third kappa shape index (κ3) is 4.06. The number of halogens is 3. The van der Waals surface area contributed by atoms with E-state index in [1.807, 2.05) is 6.07 Å². The van der Waals surface area contributed by atoms with Crippen molar-refractivity contribution in [2.24, 2.45) is 5.41 Å². The van der Waals surface area contributed by atoms with E-state index in [0.717, 1.165) is 0 Å². The molecule has 0 spiro atoms. The fourth-order valence-corrected chi connectivity index (χ4v) is 1.82. The molecule has 1 nitrogen and oxygen atoms in total. The van der Waals surface area contributed by atoms with Crippen LogP contribution in [0.25, 0.3) is 0 Å². The van der Waals surface area contributed by atoms with Gasteiger partial charge in [-0.25, -0.2) is 0 Å². The summed E-state index contributed by atoms with van der Waals surface area (Å²) in [6.07, 6.45) is -4.23. The zero-order valence-corrected chi connectivity index (χ0v) is 10.7. The van der Waals surface area contributed by atoms with Crippen LogP contribution in [0, 0.1) is 16.7 Å². The van der Waals surface area contributed by atoms with Gasteiger partial charge in [-0.1, -0.05) is 32.9 Å². The molecule has 0 unspecified atom stereocenters. The maximum absolute atomic E-state index is 13.1. The Hall–Kier alpha value is -1.50. The van der Waals surface area contributed by atoms with Gasteiger partial charge in [0.2, 0.25) is 0 Å². The monoisotopic (exact) mass is 255 g/mol. The molecule has 0 radical (unpaired) electrons. The molecule has 0 amide bonds. The lowest BCUT2D eigenvalue weighted by molar-refractivity contribution is -0.156. The number of nitriles is 1. The van der Waals surface area contributed by atoms with Crippen LogP contribution in [0.15, 0.2) is 24.3 Å². The van der Waals surface area contributed by atoms with Crippen molar-refractivity contribution in [3.05, 3.63) is 35.4 Å². The maximum atomic E-state index is 13.1. The van der Waals surface area contributed by atoms with Gasteiger partial charge in [-0.05, 0) is 29.5 Å². The summed E-state index contributed by atoms with van der Waals surface area (Å²) in [7, 11) is 0. The van der Waals surface area contributed by atoms with E-state index >= 15 is 0 Å². The summed E-state index contributed by atoms with van der Waals surface area (Å²) < 4.78 is 39.2. The summed E-state index contributed by atoms with van der Waals surface area (Å²) in [5, 5.41) is 8.64. The normalized spacial score (nSPS) is 14.1. The average molecular weight is 255 g/mol. The third-order valence-electron chi connectivity index (χ3n) is 2.65. The summed E-state index contributed by atoms with van der Waals surface area (Å²) in [5.41, 5.74) is 0.181. The molecule has 0 N–H and O–H groups in total. The smallest absolute Gasteiger partial charge is 0.192 e. The summed E-state index contributed by atoms with van der Waals surface area (Å²) in [6.45, 7) is 5.36. The highest BCUT2D eigenvalue weighted by atomic mass is 19.4. The second-order valence-corrected chi connectivity index (χ2v) is 5.59. The van der Waals surface area contributed by atoms with Gasteiger partial charge in [-0.3, -0.25) is 0 Å². The van der Waals surface area contributed by atoms with Gasteiger partial charge in [0.1, 0.15) is 0 Å². The van der Waals surface area contributed by atoms with Crippen LogP contribution in [0.5, 0.6) is 0 Å². The minimum atomic E-state index is -4.26. The molecule has 18 heavy (non-hydrogen) atoms. The molecule has 0 bridgehead atoms. The van der Waals surface area contributed by atoms with E-state index in [4.69, 9.17) is 5.26 Å². The van der Waals surface area contributed by atoms with Gasteiger partial charge in [-0.15, -0.1) is 0 Å². The van der Waals surface area contributed by atoms with E-state index in [9.17, 15) is 13.2 Å². The minimum absolute atomic E-state index is 0.0302. The van der Waals surface area contributed by atoms with Crippen molar-refractivity contribution in [2.75, 3.05) is 0 Å². The Morgan fingerprint density at radius 2 is 1.61 bits per heavy atom. The highest BCUT2D eigenvalue weighted by Gasteiger charge is 2.42. The van der Waals surface area contributed by atoms with Crippen LogP contribution in [0.4, 0.5) is 13.2 Å². The highest BCUT2D eigenvalue weighted by molar-refractivity contribution is 5.33. The third-order valence-corrected chi connectivity index (χ3v) is 2.65. The lowest BCUT2D eigenvalue weighted by Crippen LogP contribution is -2.25. The van der Waals surface area contributed by atoms with Gasteiger partial charge in [0.15, 0.2) is 0 Å². The van der Waals surface area contributed by atoms with Crippen molar-refractivity contribution in [3.8, 4) is 6.07 Å². The molecule has 1 rings (SSSR count). The molecular weight excluding hydrogens is 239 g/mol. The number of alkyl halides is 3. The summed E-state index contributed by atoms with van der Waals surface area (Å²) in [6, 6.07) is 7.54. The van der Waals surface area contributed by atoms with Gasteiger partial charge < -0.3 is 0 Å². The lowest BCUT2D eigenvalue weighted by Gasteiger charge is -2.28. The van der Waals surface area contributed by atoms with Crippen LogP contribution in [0.3, 0.4) is 0 Å². The second kappa shape index (κ2) is 5.01. The van der Waals surface area contributed by atoms with E-state index in [0.29, 0.717) is 5.56 Å². The maximum Gasteiger partial charge on any atom is 0.395 e. The first-order chi connectivity index (χ1) is 8.13. The Balaban J connectivity index is 3.07. The highest BCUT2D eigenvalue weighted by Crippen LogP contribution is 2.42. The first-order valence-corrected chi connectivity index (χ1v) is 5.70. The number of benzene rings is 1. The standard InChI is InChI=1S/C14H16F3N/c1-13(2,3)8-12(14(15,16)17)11-6-4-10(9-18)5-7-11/h4-7,12H,8H2,1-3H3/t12-/m1/s1. The molecule has 0 saturated heterocycles. The predicted octanol–water partition coefficient (Wildman–Crippen LogP) is 4.64. The number of nitrogens with zero attached hydrogens (tertiary/aromatic N) is 1. The van der Waals surface area contributed by atoms with Crippen molar-refractivity contribution in [1.29, 1.82) is 5.26 Å². The lowest BCUT2D eigenvalue weighted by atomic mass is 9.81. The Morgan fingerprint density at radius 1 is 1.11 bits per heavy atom. The number of hydrogen-bond acceptors (Lipinski definition) is 1. The minimum Gasteiger partial charge on any atom is -0.192 e. The molecule has 1 aromatic rings. The molecule has 0 fully saturated rings. The number of rotatable bonds is 2. The van der Waals surface area contributed by atoms with Gasteiger partial charge in [0.25, 0.3) is 0 Å². The van der Waals surface area contributed by atoms with Gasteiger partial charge in [0.05, 0.1) is 17.6 Å². The molecule has 1 atom stereocenters. The van der Waals surface area contributed by atoms with Gasteiger partial charge in [0, 0.05) is 0 Å². The summed E-state index contributed by atoms with van der Waals surface area (Å²) in [4.78, 5) is 0. The Bertz CT molecular complexity index is 432. The molecule has 98 valence electrons. The Labute approximate surface area is 105 Å². The topological polar surface area (TPSA) is 23.8 Å². The fraction of sp³-hybridized carbons (Fsp3) is 0.500. The van der Waals surface area contributed by atoms with E-state index in [1.165, 1.54) is 24.3 Å². The molecule has 0 heterocycles. The molecule has 0 saturated carbocycles. The SMILES string of the molecule is CC(C)(C)C[C@H](c1ccc(C#N)cc1)C(F)(F)F. The van der Waals surface area contributed by atoms with Crippen LogP contribution in [-0.2, 0) is 0 Å². The van der Waals surface area contributed by atoms with Gasteiger partial charge >= 0.3 is 6.18 Å². The van der Waals surface area contributed by atoms with E-state index < -0.39 is 17.5 Å². The van der Waals surface area contributed by atoms with Gasteiger partial charge in [-0.2, -0.15) is 18.4 Å². The van der Waals surface area contributed by atoms with Crippen LogP contribution in [0.2, 0.25) is 0 Å². The predicted molar refractivity (Wildman–Crippen MR) is 64.0 cm³/mol. The van der Waals surface area contributed by atoms with Crippen LogP contribution < -0.4 is 0 Å².